The molecule has 0 saturated heterocycles. The number of phenolic OH excluding ortho intramolecular Hbond substituents is 1. The number of hydrogen-bond acceptors (Lipinski definition) is 4. The average Bonchev–Trinajstić information content (AvgIpc) is 2.81. The van der Waals surface area contributed by atoms with Crippen LogP contribution < -0.4 is 0 Å². The van der Waals surface area contributed by atoms with Gasteiger partial charge in [-0.2, -0.15) is 0 Å². The van der Waals surface area contributed by atoms with E-state index in [4.69, 9.17) is 0 Å². The molecular formula is C18H15NO4. The Hall–Kier alpha value is -2.95. The minimum absolute atomic E-state index is 0.0661. The van der Waals surface area contributed by atoms with Crippen LogP contribution in [0.15, 0.2) is 42.5 Å². The van der Waals surface area contributed by atoms with Crippen molar-refractivity contribution in [3.05, 3.63) is 64.7 Å². The van der Waals surface area contributed by atoms with Gasteiger partial charge >= 0.3 is 0 Å². The molecule has 5 nitrogen and oxygen atoms in total. The van der Waals surface area contributed by atoms with Crippen LogP contribution in [0, 0.1) is 0 Å². The van der Waals surface area contributed by atoms with Crippen LogP contribution in [0.25, 0.3) is 0 Å². The highest BCUT2D eigenvalue weighted by Gasteiger charge is 2.35. The van der Waals surface area contributed by atoms with E-state index in [-0.39, 0.29) is 41.9 Å². The fraction of sp³-hybridized carbons (Fsp3) is 0.167. The molecular weight excluding hydrogens is 294 g/mol. The quantitative estimate of drug-likeness (QED) is 0.696. The number of ketones is 1. The number of fused-ring (bicyclic) bond motifs is 1. The van der Waals surface area contributed by atoms with Crippen molar-refractivity contribution in [2.75, 3.05) is 0 Å². The first-order valence-electron chi connectivity index (χ1n) is 7.33. The van der Waals surface area contributed by atoms with E-state index < -0.39 is 0 Å². The maximum absolute atomic E-state index is 12.3. The van der Waals surface area contributed by atoms with Crippen molar-refractivity contribution in [3.63, 3.8) is 0 Å². The summed E-state index contributed by atoms with van der Waals surface area (Å²) in [5, 5.41) is 9.78. The van der Waals surface area contributed by atoms with Gasteiger partial charge in [-0.05, 0) is 29.8 Å². The van der Waals surface area contributed by atoms with E-state index in [2.05, 4.69) is 0 Å². The molecule has 3 rings (SSSR count). The molecule has 23 heavy (non-hydrogen) atoms. The number of nitrogens with zero attached hydrogens (tertiary/aromatic N) is 1. The zero-order chi connectivity index (χ0) is 16.6. The summed E-state index contributed by atoms with van der Waals surface area (Å²) in [5.74, 6) is -0.973. The second-order valence-corrected chi connectivity index (χ2v) is 5.37. The van der Waals surface area contributed by atoms with Gasteiger partial charge in [0.1, 0.15) is 5.75 Å². The highest BCUT2D eigenvalue weighted by molar-refractivity contribution is 6.21. The number of hydrogen-bond donors (Lipinski definition) is 1. The van der Waals surface area contributed by atoms with Gasteiger partial charge < -0.3 is 5.11 Å². The third kappa shape index (κ3) is 2.50. The number of carbonyl (C=O) groups excluding carboxylic acids is 3. The van der Waals surface area contributed by atoms with Crippen LogP contribution >= 0.6 is 0 Å². The number of imide groups is 1. The van der Waals surface area contributed by atoms with E-state index in [9.17, 15) is 19.5 Å². The molecule has 5 heteroatoms. The molecule has 1 aliphatic heterocycles. The first-order valence-corrected chi connectivity index (χ1v) is 7.33. The molecule has 1 heterocycles. The van der Waals surface area contributed by atoms with Crippen molar-refractivity contribution in [2.24, 2.45) is 0 Å². The van der Waals surface area contributed by atoms with E-state index >= 15 is 0 Å². The Morgan fingerprint density at radius 1 is 1.04 bits per heavy atom. The van der Waals surface area contributed by atoms with Crippen LogP contribution in [0.1, 0.15) is 50.0 Å². The van der Waals surface area contributed by atoms with Crippen LogP contribution in [-0.4, -0.2) is 27.6 Å². The van der Waals surface area contributed by atoms with Crippen molar-refractivity contribution in [1.29, 1.82) is 0 Å². The molecule has 1 N–H and O–H groups in total. The molecule has 0 unspecified atom stereocenters. The van der Waals surface area contributed by atoms with Gasteiger partial charge in [-0.1, -0.05) is 25.1 Å². The highest BCUT2D eigenvalue weighted by Crippen LogP contribution is 2.26. The van der Waals surface area contributed by atoms with Crippen LogP contribution in [0.2, 0.25) is 0 Å². The fourth-order valence-corrected chi connectivity index (χ4v) is 2.66. The van der Waals surface area contributed by atoms with E-state index in [1.165, 1.54) is 12.1 Å². The van der Waals surface area contributed by atoms with Gasteiger partial charge in [-0.25, -0.2) is 0 Å². The summed E-state index contributed by atoms with van der Waals surface area (Å²) in [6.45, 7) is 1.77. The smallest absolute Gasteiger partial charge is 0.261 e. The Morgan fingerprint density at radius 3 is 2.22 bits per heavy atom. The van der Waals surface area contributed by atoms with Crippen molar-refractivity contribution >= 4 is 17.6 Å². The standard InChI is InChI=1S/C18H15NO4/c1-2-15(20)14-9-11(7-8-16(14)21)10-19-17(22)12-5-3-4-6-13(12)18(19)23/h3-9,21H,2,10H2,1H3. The molecule has 0 bridgehead atoms. The molecule has 2 amide bonds. The van der Waals surface area contributed by atoms with Gasteiger partial charge in [0.05, 0.1) is 23.2 Å². The van der Waals surface area contributed by atoms with Gasteiger partial charge in [0.2, 0.25) is 0 Å². The van der Waals surface area contributed by atoms with Crippen LogP contribution in [0.3, 0.4) is 0 Å². The predicted octanol–water partition coefficient (Wildman–Crippen LogP) is 2.78. The number of Topliss-reactive ketones (excluding diaryl/α,β-unsaturated/α-hetero) is 1. The Labute approximate surface area is 133 Å². The lowest BCUT2D eigenvalue weighted by Gasteiger charge is -2.15. The molecule has 0 spiro atoms. The summed E-state index contributed by atoms with van der Waals surface area (Å²) < 4.78 is 0. The number of carbonyl (C=O) groups is 3. The lowest BCUT2D eigenvalue weighted by atomic mass is 10.0. The summed E-state index contributed by atoms with van der Waals surface area (Å²) in [5.41, 5.74) is 1.61. The molecule has 116 valence electrons. The Balaban J connectivity index is 1.91. The normalized spacial score (nSPS) is 13.3. The number of rotatable bonds is 4. The number of amides is 2. The topological polar surface area (TPSA) is 74.7 Å². The first kappa shape index (κ1) is 15.0. The first-order chi connectivity index (χ1) is 11.0. The molecule has 2 aromatic carbocycles. The Morgan fingerprint density at radius 2 is 1.65 bits per heavy atom. The number of aromatic hydroxyl groups is 1. The zero-order valence-electron chi connectivity index (χ0n) is 12.6. The third-order valence-electron chi connectivity index (χ3n) is 3.90. The molecule has 0 aliphatic carbocycles. The third-order valence-corrected chi connectivity index (χ3v) is 3.90. The van der Waals surface area contributed by atoms with Gasteiger partial charge in [-0.3, -0.25) is 19.3 Å². The number of benzene rings is 2. The fourth-order valence-electron chi connectivity index (χ4n) is 2.66. The van der Waals surface area contributed by atoms with E-state index in [1.807, 2.05) is 0 Å². The van der Waals surface area contributed by atoms with Gasteiger partial charge in [-0.15, -0.1) is 0 Å². The van der Waals surface area contributed by atoms with E-state index in [0.717, 1.165) is 4.90 Å². The Bertz CT molecular complexity index is 791. The van der Waals surface area contributed by atoms with E-state index in [1.54, 1.807) is 37.3 Å². The van der Waals surface area contributed by atoms with Gasteiger partial charge in [0.15, 0.2) is 5.78 Å². The van der Waals surface area contributed by atoms with Gasteiger partial charge in [0.25, 0.3) is 11.8 Å². The van der Waals surface area contributed by atoms with Crippen molar-refractivity contribution < 1.29 is 19.5 Å². The highest BCUT2D eigenvalue weighted by atomic mass is 16.3. The average molecular weight is 309 g/mol. The molecule has 0 fully saturated rings. The summed E-state index contributed by atoms with van der Waals surface area (Å²) in [6.07, 6.45) is 0.268. The Kier molecular flexibility index (Phi) is 3.70. The summed E-state index contributed by atoms with van der Waals surface area (Å²) in [6, 6.07) is 11.2. The van der Waals surface area contributed by atoms with Gasteiger partial charge in [0, 0.05) is 6.42 Å². The summed E-state index contributed by atoms with van der Waals surface area (Å²) >= 11 is 0. The lowest BCUT2D eigenvalue weighted by Crippen LogP contribution is -2.29. The SMILES string of the molecule is CCC(=O)c1cc(CN2C(=O)c3ccccc3C2=O)ccc1O. The second-order valence-electron chi connectivity index (χ2n) is 5.37. The van der Waals surface area contributed by atoms with Crippen LogP contribution in [0.5, 0.6) is 5.75 Å². The van der Waals surface area contributed by atoms with Crippen molar-refractivity contribution in [1.82, 2.24) is 4.90 Å². The van der Waals surface area contributed by atoms with Crippen LogP contribution in [0.4, 0.5) is 0 Å². The molecule has 1 aliphatic rings. The summed E-state index contributed by atoms with van der Waals surface area (Å²) in [7, 11) is 0. The van der Waals surface area contributed by atoms with Crippen molar-refractivity contribution in [2.45, 2.75) is 19.9 Å². The molecule has 2 aromatic rings. The van der Waals surface area contributed by atoms with E-state index in [0.29, 0.717) is 16.7 Å². The monoisotopic (exact) mass is 309 g/mol. The zero-order valence-corrected chi connectivity index (χ0v) is 12.6. The predicted molar refractivity (Wildman–Crippen MR) is 83.4 cm³/mol. The maximum Gasteiger partial charge on any atom is 0.261 e. The number of phenols is 1. The largest absolute Gasteiger partial charge is 0.507 e. The minimum atomic E-state index is -0.345. The van der Waals surface area contributed by atoms with Crippen molar-refractivity contribution in [3.8, 4) is 5.75 Å². The second kappa shape index (κ2) is 5.68. The molecule has 0 saturated carbocycles. The minimum Gasteiger partial charge on any atom is -0.507 e. The maximum atomic E-state index is 12.3. The summed E-state index contributed by atoms with van der Waals surface area (Å²) in [4.78, 5) is 37.7. The lowest BCUT2D eigenvalue weighted by molar-refractivity contribution is 0.0642. The molecule has 0 atom stereocenters. The van der Waals surface area contributed by atoms with Crippen LogP contribution in [-0.2, 0) is 6.54 Å². The molecule has 0 aromatic heterocycles. The molecule has 0 radical (unpaired) electrons.